The molecule has 1 aromatic heterocycles. The van der Waals surface area contributed by atoms with Crippen molar-refractivity contribution in [3.8, 4) is 0 Å². The summed E-state index contributed by atoms with van der Waals surface area (Å²) in [4.78, 5) is 8.53. The van der Waals surface area contributed by atoms with Crippen LogP contribution in [0.3, 0.4) is 0 Å². The SMILES string of the molecule is CCNC(=NCc1nc(C)no1)NCCCCSC. The number of hydrogen-bond acceptors (Lipinski definition) is 5. The Hall–Kier alpha value is -1.24. The molecule has 0 aliphatic rings. The molecule has 0 fully saturated rings. The third kappa shape index (κ3) is 7.05. The van der Waals surface area contributed by atoms with Gasteiger partial charge in [0.2, 0.25) is 5.89 Å². The van der Waals surface area contributed by atoms with E-state index in [1.807, 2.05) is 18.7 Å². The van der Waals surface area contributed by atoms with E-state index in [2.05, 4.69) is 32.0 Å². The molecule has 108 valence electrons. The first kappa shape index (κ1) is 15.8. The molecule has 0 saturated carbocycles. The van der Waals surface area contributed by atoms with Crippen LogP contribution in [0.2, 0.25) is 0 Å². The van der Waals surface area contributed by atoms with Gasteiger partial charge in [0, 0.05) is 13.1 Å². The van der Waals surface area contributed by atoms with Crippen LogP contribution in [0.5, 0.6) is 0 Å². The maximum absolute atomic E-state index is 5.02. The van der Waals surface area contributed by atoms with Gasteiger partial charge in [-0.05, 0) is 38.7 Å². The molecular weight excluding hydrogens is 262 g/mol. The van der Waals surface area contributed by atoms with Crippen molar-refractivity contribution < 1.29 is 4.52 Å². The molecule has 0 aliphatic carbocycles. The maximum Gasteiger partial charge on any atom is 0.248 e. The van der Waals surface area contributed by atoms with E-state index in [1.54, 1.807) is 6.92 Å². The van der Waals surface area contributed by atoms with Crippen molar-refractivity contribution in [2.75, 3.05) is 25.1 Å². The Bertz CT molecular complexity index is 380. The van der Waals surface area contributed by atoms with Crippen LogP contribution >= 0.6 is 11.8 Å². The van der Waals surface area contributed by atoms with Crippen molar-refractivity contribution in [2.45, 2.75) is 33.2 Å². The lowest BCUT2D eigenvalue weighted by atomic mass is 10.3. The first-order chi connectivity index (χ1) is 9.26. The van der Waals surface area contributed by atoms with E-state index in [0.29, 0.717) is 18.3 Å². The highest BCUT2D eigenvalue weighted by molar-refractivity contribution is 7.98. The fourth-order valence-corrected chi connectivity index (χ4v) is 1.96. The normalized spacial score (nSPS) is 11.6. The fourth-order valence-electron chi connectivity index (χ4n) is 1.47. The van der Waals surface area contributed by atoms with Crippen LogP contribution in [0.1, 0.15) is 31.5 Å². The van der Waals surface area contributed by atoms with Crippen molar-refractivity contribution in [2.24, 2.45) is 4.99 Å². The first-order valence-electron chi connectivity index (χ1n) is 6.56. The molecule has 7 heteroatoms. The van der Waals surface area contributed by atoms with E-state index in [4.69, 9.17) is 4.52 Å². The molecule has 0 saturated heterocycles. The van der Waals surface area contributed by atoms with E-state index >= 15 is 0 Å². The standard InChI is InChI=1S/C12H23N5OS/c1-4-13-12(14-7-5-6-8-19-3)15-9-11-16-10(2)17-18-11/h4-9H2,1-3H3,(H2,13,14,15). The largest absolute Gasteiger partial charge is 0.357 e. The number of nitrogens with zero attached hydrogens (tertiary/aromatic N) is 3. The lowest BCUT2D eigenvalue weighted by Crippen LogP contribution is -2.37. The predicted molar refractivity (Wildman–Crippen MR) is 79.5 cm³/mol. The average Bonchev–Trinajstić information content (AvgIpc) is 2.81. The van der Waals surface area contributed by atoms with Gasteiger partial charge >= 0.3 is 0 Å². The number of rotatable bonds is 8. The quantitative estimate of drug-likeness (QED) is 0.429. The zero-order valence-electron chi connectivity index (χ0n) is 11.9. The monoisotopic (exact) mass is 285 g/mol. The highest BCUT2D eigenvalue weighted by Gasteiger charge is 2.02. The molecule has 19 heavy (non-hydrogen) atoms. The summed E-state index contributed by atoms with van der Waals surface area (Å²) in [6.07, 6.45) is 4.49. The van der Waals surface area contributed by atoms with Crippen LogP contribution in [-0.2, 0) is 6.54 Å². The minimum atomic E-state index is 0.404. The minimum absolute atomic E-state index is 0.404. The highest BCUT2D eigenvalue weighted by Crippen LogP contribution is 1.99. The number of aliphatic imine (C=N–C) groups is 1. The van der Waals surface area contributed by atoms with E-state index in [-0.39, 0.29) is 0 Å². The Kier molecular flexibility index (Phi) is 8.04. The van der Waals surface area contributed by atoms with Crippen LogP contribution in [-0.4, -0.2) is 41.2 Å². The van der Waals surface area contributed by atoms with Gasteiger partial charge in [0.25, 0.3) is 0 Å². The molecule has 1 aromatic rings. The molecule has 2 N–H and O–H groups in total. The molecule has 1 rings (SSSR count). The van der Waals surface area contributed by atoms with Gasteiger partial charge in [-0.3, -0.25) is 0 Å². The summed E-state index contributed by atoms with van der Waals surface area (Å²) in [5.74, 6) is 3.18. The Morgan fingerprint density at radius 1 is 1.37 bits per heavy atom. The van der Waals surface area contributed by atoms with Crippen molar-refractivity contribution in [3.63, 3.8) is 0 Å². The number of thioether (sulfide) groups is 1. The molecule has 0 radical (unpaired) electrons. The first-order valence-corrected chi connectivity index (χ1v) is 7.96. The van der Waals surface area contributed by atoms with Crippen molar-refractivity contribution in [3.05, 3.63) is 11.7 Å². The number of aryl methyl sites for hydroxylation is 1. The number of hydrogen-bond donors (Lipinski definition) is 2. The van der Waals surface area contributed by atoms with Crippen molar-refractivity contribution >= 4 is 17.7 Å². The topological polar surface area (TPSA) is 75.3 Å². The second kappa shape index (κ2) is 9.66. The summed E-state index contributed by atoms with van der Waals surface area (Å²) in [6, 6.07) is 0. The molecule has 0 aliphatic heterocycles. The number of guanidine groups is 1. The number of nitrogens with one attached hydrogen (secondary N) is 2. The second-order valence-corrected chi connectivity index (χ2v) is 5.04. The number of unbranched alkanes of at least 4 members (excludes halogenated alkanes) is 1. The lowest BCUT2D eigenvalue weighted by Gasteiger charge is -2.10. The van der Waals surface area contributed by atoms with E-state index < -0.39 is 0 Å². The second-order valence-electron chi connectivity index (χ2n) is 4.06. The maximum atomic E-state index is 5.02. The van der Waals surface area contributed by atoms with Gasteiger partial charge in [0.1, 0.15) is 6.54 Å². The Balaban J connectivity index is 2.33. The third-order valence-corrected chi connectivity index (χ3v) is 3.05. The molecule has 1 heterocycles. The average molecular weight is 285 g/mol. The van der Waals surface area contributed by atoms with Crippen LogP contribution in [0, 0.1) is 6.92 Å². The molecule has 0 aromatic carbocycles. The smallest absolute Gasteiger partial charge is 0.248 e. The molecular formula is C12H23N5OS. The van der Waals surface area contributed by atoms with E-state index in [1.165, 1.54) is 12.2 Å². The summed E-state index contributed by atoms with van der Waals surface area (Å²) in [5.41, 5.74) is 0. The van der Waals surface area contributed by atoms with Gasteiger partial charge in [0.05, 0.1) is 0 Å². The molecule has 0 bridgehead atoms. The molecule has 0 spiro atoms. The minimum Gasteiger partial charge on any atom is -0.357 e. The van der Waals surface area contributed by atoms with Gasteiger partial charge in [0.15, 0.2) is 11.8 Å². The third-order valence-electron chi connectivity index (χ3n) is 2.35. The van der Waals surface area contributed by atoms with E-state index in [0.717, 1.165) is 25.5 Å². The van der Waals surface area contributed by atoms with Crippen LogP contribution in [0.4, 0.5) is 0 Å². The molecule has 0 atom stereocenters. The molecule has 6 nitrogen and oxygen atoms in total. The summed E-state index contributed by atoms with van der Waals surface area (Å²) in [6.45, 7) is 6.00. The van der Waals surface area contributed by atoms with Gasteiger partial charge in [-0.25, -0.2) is 4.99 Å². The van der Waals surface area contributed by atoms with Crippen LogP contribution in [0.15, 0.2) is 9.52 Å². The summed E-state index contributed by atoms with van der Waals surface area (Å²) < 4.78 is 5.02. The Labute approximate surface area is 118 Å². The van der Waals surface area contributed by atoms with Crippen molar-refractivity contribution in [1.82, 2.24) is 20.8 Å². The highest BCUT2D eigenvalue weighted by atomic mass is 32.2. The Morgan fingerprint density at radius 3 is 2.84 bits per heavy atom. The zero-order valence-corrected chi connectivity index (χ0v) is 12.7. The summed E-state index contributed by atoms with van der Waals surface area (Å²) in [7, 11) is 0. The van der Waals surface area contributed by atoms with Gasteiger partial charge in [-0.1, -0.05) is 5.16 Å². The van der Waals surface area contributed by atoms with Gasteiger partial charge in [-0.15, -0.1) is 0 Å². The summed E-state index contributed by atoms with van der Waals surface area (Å²) in [5, 5.41) is 10.2. The van der Waals surface area contributed by atoms with Gasteiger partial charge in [-0.2, -0.15) is 16.7 Å². The number of aromatic nitrogens is 2. The van der Waals surface area contributed by atoms with Crippen molar-refractivity contribution in [1.29, 1.82) is 0 Å². The molecule has 0 amide bonds. The van der Waals surface area contributed by atoms with E-state index in [9.17, 15) is 0 Å². The Morgan fingerprint density at radius 2 is 2.21 bits per heavy atom. The zero-order chi connectivity index (χ0) is 13.9. The molecule has 0 unspecified atom stereocenters. The van der Waals surface area contributed by atoms with Gasteiger partial charge < -0.3 is 15.2 Å². The summed E-state index contributed by atoms with van der Waals surface area (Å²) >= 11 is 1.88. The fraction of sp³-hybridized carbons (Fsp3) is 0.750. The van der Waals surface area contributed by atoms with Crippen LogP contribution < -0.4 is 10.6 Å². The predicted octanol–water partition coefficient (Wildman–Crippen LogP) is 1.58. The van der Waals surface area contributed by atoms with Crippen LogP contribution in [0.25, 0.3) is 0 Å². The lowest BCUT2D eigenvalue weighted by molar-refractivity contribution is 0.376.